The fourth-order valence-corrected chi connectivity index (χ4v) is 2.47. The summed E-state index contributed by atoms with van der Waals surface area (Å²) in [6, 6.07) is 8.21. The fourth-order valence-electron chi connectivity index (χ4n) is 1.06. The third-order valence-electron chi connectivity index (χ3n) is 1.60. The maximum Gasteiger partial charge on any atom is 0.140 e. The molecule has 1 heterocycles. The number of halogens is 1. The summed E-state index contributed by atoms with van der Waals surface area (Å²) in [5.74, 6) is 1.03. The molecule has 11 heavy (non-hydrogen) atoms. The number of fused-ring (bicyclic) bond motifs is 1. The number of para-hydroxylation sites is 1. The van der Waals surface area contributed by atoms with Crippen LogP contribution in [0.2, 0.25) is 0 Å². The highest BCUT2D eigenvalue weighted by atomic mass is 127. The second-order valence-electron chi connectivity index (χ2n) is 2.40. The first-order valence-corrected chi connectivity index (χ1v) is 5.46. The zero-order valence-electron chi connectivity index (χ0n) is 5.79. The van der Waals surface area contributed by atoms with Crippen LogP contribution in [0.4, 0.5) is 0 Å². The topological polar surface area (TPSA) is 9.23 Å². The maximum absolute atomic E-state index is 5.44. The molecule has 3 heteroatoms. The van der Waals surface area contributed by atoms with Crippen molar-refractivity contribution in [2.75, 3.05) is 0 Å². The van der Waals surface area contributed by atoms with Crippen molar-refractivity contribution in [1.29, 1.82) is 0 Å². The van der Waals surface area contributed by atoms with E-state index in [2.05, 4.69) is 34.7 Å². The zero-order chi connectivity index (χ0) is 7.68. The fraction of sp³-hybridized carbons (Fsp3) is 0.250. The molecular formula is C8H7IOS. The summed E-state index contributed by atoms with van der Waals surface area (Å²) in [6.07, 6.45) is 1.11. The van der Waals surface area contributed by atoms with Crippen molar-refractivity contribution in [2.24, 2.45) is 0 Å². The SMILES string of the molecule is IC1Cc2ccccc2OS1. The number of benzene rings is 1. The predicted octanol–water partition coefficient (Wildman–Crippen LogP) is 3.03. The quantitative estimate of drug-likeness (QED) is 0.410. The van der Waals surface area contributed by atoms with Crippen LogP contribution in [-0.4, -0.2) is 3.26 Å². The van der Waals surface area contributed by atoms with E-state index in [1.54, 1.807) is 12.0 Å². The van der Waals surface area contributed by atoms with E-state index in [9.17, 15) is 0 Å². The first kappa shape index (κ1) is 7.73. The molecule has 0 amide bonds. The van der Waals surface area contributed by atoms with Crippen LogP contribution in [0.15, 0.2) is 24.3 Å². The second-order valence-corrected chi connectivity index (χ2v) is 5.68. The molecule has 0 fully saturated rings. The Kier molecular flexibility index (Phi) is 2.27. The highest BCUT2D eigenvalue weighted by molar-refractivity contribution is 14.1. The molecule has 2 rings (SSSR count). The van der Waals surface area contributed by atoms with E-state index in [1.807, 2.05) is 12.1 Å². The van der Waals surface area contributed by atoms with E-state index in [4.69, 9.17) is 4.18 Å². The lowest BCUT2D eigenvalue weighted by molar-refractivity contribution is 0.619. The van der Waals surface area contributed by atoms with Gasteiger partial charge in [0.15, 0.2) is 0 Å². The molecule has 0 radical (unpaired) electrons. The van der Waals surface area contributed by atoms with Crippen LogP contribution in [-0.2, 0) is 6.42 Å². The summed E-state index contributed by atoms with van der Waals surface area (Å²) in [4.78, 5) is 0. The van der Waals surface area contributed by atoms with Crippen LogP contribution < -0.4 is 4.18 Å². The lowest BCUT2D eigenvalue weighted by atomic mass is 10.1. The molecule has 58 valence electrons. The Hall–Kier alpha value is 0.1000. The van der Waals surface area contributed by atoms with Crippen molar-refractivity contribution in [3.63, 3.8) is 0 Å². The standard InChI is InChI=1S/C8H7IOS/c9-8-5-6-3-1-2-4-7(6)10-11-8/h1-4,8H,5H2. The van der Waals surface area contributed by atoms with Crippen molar-refractivity contribution in [3.05, 3.63) is 29.8 Å². The van der Waals surface area contributed by atoms with Crippen LogP contribution in [0.1, 0.15) is 5.56 Å². The van der Waals surface area contributed by atoms with Crippen molar-refractivity contribution in [1.82, 2.24) is 0 Å². The summed E-state index contributed by atoms with van der Waals surface area (Å²) < 4.78 is 6.00. The second kappa shape index (κ2) is 3.23. The largest absolute Gasteiger partial charge is 0.424 e. The summed E-state index contributed by atoms with van der Waals surface area (Å²) in [5, 5.41) is 0. The Bertz CT molecular complexity index is 264. The Morgan fingerprint density at radius 3 is 3.18 bits per heavy atom. The minimum Gasteiger partial charge on any atom is -0.424 e. The molecule has 0 bridgehead atoms. The number of hydrogen-bond donors (Lipinski definition) is 0. The zero-order valence-corrected chi connectivity index (χ0v) is 8.76. The Balaban J connectivity index is 2.34. The molecule has 1 atom stereocenters. The van der Waals surface area contributed by atoms with E-state index in [0.29, 0.717) is 3.26 Å². The number of hydrogen-bond acceptors (Lipinski definition) is 2. The Morgan fingerprint density at radius 1 is 1.45 bits per heavy atom. The summed E-state index contributed by atoms with van der Waals surface area (Å²) in [5.41, 5.74) is 1.32. The molecule has 1 aromatic rings. The molecular weight excluding hydrogens is 271 g/mol. The molecule has 0 saturated carbocycles. The molecule has 1 aliphatic heterocycles. The van der Waals surface area contributed by atoms with Crippen molar-refractivity contribution in [3.8, 4) is 5.75 Å². The third kappa shape index (κ3) is 1.64. The van der Waals surface area contributed by atoms with Gasteiger partial charge >= 0.3 is 0 Å². The normalized spacial score (nSPS) is 22.1. The van der Waals surface area contributed by atoms with Crippen LogP contribution in [0.25, 0.3) is 0 Å². The van der Waals surface area contributed by atoms with E-state index < -0.39 is 0 Å². The van der Waals surface area contributed by atoms with Gasteiger partial charge in [-0.05, 0) is 11.6 Å². The van der Waals surface area contributed by atoms with Gasteiger partial charge in [0.1, 0.15) is 5.75 Å². The van der Waals surface area contributed by atoms with Crippen LogP contribution >= 0.6 is 34.6 Å². The predicted molar refractivity (Wildman–Crippen MR) is 56.2 cm³/mol. The van der Waals surface area contributed by atoms with Gasteiger partial charge in [0, 0.05) is 6.42 Å². The average Bonchev–Trinajstić information content (AvgIpc) is 2.04. The van der Waals surface area contributed by atoms with E-state index in [0.717, 1.165) is 12.2 Å². The minimum absolute atomic E-state index is 0.558. The summed E-state index contributed by atoms with van der Waals surface area (Å²) >= 11 is 3.94. The third-order valence-corrected chi connectivity index (χ3v) is 3.31. The van der Waals surface area contributed by atoms with Gasteiger partial charge in [0.25, 0.3) is 0 Å². The Morgan fingerprint density at radius 2 is 2.27 bits per heavy atom. The van der Waals surface area contributed by atoms with Crippen LogP contribution in [0.5, 0.6) is 5.75 Å². The molecule has 1 unspecified atom stereocenters. The molecule has 1 nitrogen and oxygen atoms in total. The van der Waals surface area contributed by atoms with Crippen molar-refractivity contribution < 1.29 is 4.18 Å². The first-order valence-electron chi connectivity index (χ1n) is 3.41. The van der Waals surface area contributed by atoms with Crippen LogP contribution in [0.3, 0.4) is 0 Å². The first-order chi connectivity index (χ1) is 5.36. The molecule has 0 N–H and O–H groups in total. The highest BCUT2D eigenvalue weighted by Gasteiger charge is 2.17. The molecule has 1 aromatic carbocycles. The van der Waals surface area contributed by atoms with Gasteiger partial charge in [-0.15, -0.1) is 0 Å². The van der Waals surface area contributed by atoms with Gasteiger partial charge in [0.2, 0.25) is 0 Å². The minimum atomic E-state index is 0.558. The molecule has 0 spiro atoms. The van der Waals surface area contributed by atoms with Gasteiger partial charge in [-0.1, -0.05) is 40.8 Å². The van der Waals surface area contributed by atoms with Crippen molar-refractivity contribution in [2.45, 2.75) is 9.68 Å². The van der Waals surface area contributed by atoms with Gasteiger partial charge in [-0.2, -0.15) is 0 Å². The highest BCUT2D eigenvalue weighted by Crippen LogP contribution is 2.35. The summed E-state index contributed by atoms with van der Waals surface area (Å²) in [6.45, 7) is 0. The summed E-state index contributed by atoms with van der Waals surface area (Å²) in [7, 11) is 0. The number of alkyl halides is 1. The lowest BCUT2D eigenvalue weighted by Gasteiger charge is -2.18. The smallest absolute Gasteiger partial charge is 0.140 e. The number of rotatable bonds is 0. The van der Waals surface area contributed by atoms with Gasteiger partial charge in [0.05, 0.1) is 15.3 Å². The van der Waals surface area contributed by atoms with E-state index in [1.165, 1.54) is 5.56 Å². The van der Waals surface area contributed by atoms with E-state index >= 15 is 0 Å². The molecule has 0 aromatic heterocycles. The van der Waals surface area contributed by atoms with Crippen molar-refractivity contribution >= 4 is 34.6 Å². The van der Waals surface area contributed by atoms with Crippen LogP contribution in [0, 0.1) is 0 Å². The molecule has 0 aliphatic carbocycles. The van der Waals surface area contributed by atoms with Gasteiger partial charge in [-0.3, -0.25) is 0 Å². The Labute approximate surface area is 83.9 Å². The average molecular weight is 278 g/mol. The van der Waals surface area contributed by atoms with Gasteiger partial charge < -0.3 is 4.18 Å². The van der Waals surface area contributed by atoms with Gasteiger partial charge in [-0.25, -0.2) is 0 Å². The van der Waals surface area contributed by atoms with E-state index in [-0.39, 0.29) is 0 Å². The monoisotopic (exact) mass is 278 g/mol. The maximum atomic E-state index is 5.44. The molecule has 1 aliphatic rings. The molecule has 0 saturated heterocycles. The lowest BCUT2D eigenvalue weighted by Crippen LogP contribution is -2.07.